The number of piperidine rings is 1. The van der Waals surface area contributed by atoms with Crippen LogP contribution in [-0.2, 0) is 11.2 Å². The Morgan fingerprint density at radius 1 is 1.35 bits per heavy atom. The van der Waals surface area contributed by atoms with Gasteiger partial charge in [0.2, 0.25) is 5.91 Å². The van der Waals surface area contributed by atoms with E-state index in [1.807, 2.05) is 0 Å². The molecular formula is C14H17F2NO3. The molecule has 2 N–H and O–H groups in total. The number of carbonyl (C=O) groups excluding carboxylic acids is 1. The third kappa shape index (κ3) is 3.13. The van der Waals surface area contributed by atoms with Crippen molar-refractivity contribution < 1.29 is 23.8 Å². The maximum Gasteiger partial charge on any atom is 0.227 e. The van der Waals surface area contributed by atoms with Gasteiger partial charge in [0, 0.05) is 31.2 Å². The van der Waals surface area contributed by atoms with Crippen LogP contribution >= 0.6 is 0 Å². The first-order valence-electron chi connectivity index (χ1n) is 6.52. The minimum atomic E-state index is -0.803. The third-order valence-electron chi connectivity index (χ3n) is 3.70. The van der Waals surface area contributed by atoms with E-state index in [-0.39, 0.29) is 31.1 Å². The highest BCUT2D eigenvalue weighted by Crippen LogP contribution is 2.19. The van der Waals surface area contributed by atoms with Crippen molar-refractivity contribution >= 4 is 5.91 Å². The lowest BCUT2D eigenvalue weighted by molar-refractivity contribution is -0.135. The molecule has 4 nitrogen and oxygen atoms in total. The number of aliphatic hydroxyl groups is 2. The molecule has 2 rings (SSSR count). The van der Waals surface area contributed by atoms with E-state index in [0.29, 0.717) is 13.0 Å². The summed E-state index contributed by atoms with van der Waals surface area (Å²) in [6.07, 6.45) is -0.693. The Labute approximate surface area is 115 Å². The maximum absolute atomic E-state index is 13.5. The highest BCUT2D eigenvalue weighted by atomic mass is 19.1. The minimum absolute atomic E-state index is 0.0835. The van der Waals surface area contributed by atoms with Crippen LogP contribution in [0.15, 0.2) is 18.2 Å². The fourth-order valence-electron chi connectivity index (χ4n) is 2.38. The van der Waals surface area contributed by atoms with Crippen LogP contribution in [0.1, 0.15) is 12.0 Å². The highest BCUT2D eigenvalue weighted by Gasteiger charge is 2.30. The first-order valence-corrected chi connectivity index (χ1v) is 6.52. The number of nitrogens with zero attached hydrogens (tertiary/aromatic N) is 1. The molecule has 1 aromatic rings. The first-order chi connectivity index (χ1) is 9.52. The SMILES string of the molecule is O=C(Cc1c(F)cccc1F)N1CC[C@H](CO)[C@@H](O)C1. The largest absolute Gasteiger partial charge is 0.396 e. The van der Waals surface area contributed by atoms with Crippen LogP contribution in [0.25, 0.3) is 0 Å². The molecule has 20 heavy (non-hydrogen) atoms. The van der Waals surface area contributed by atoms with Gasteiger partial charge in [-0.25, -0.2) is 8.78 Å². The van der Waals surface area contributed by atoms with E-state index >= 15 is 0 Å². The zero-order chi connectivity index (χ0) is 14.7. The molecule has 1 saturated heterocycles. The minimum Gasteiger partial charge on any atom is -0.396 e. The van der Waals surface area contributed by atoms with Crippen molar-refractivity contribution in [2.75, 3.05) is 19.7 Å². The molecule has 1 fully saturated rings. The summed E-state index contributed by atoms with van der Waals surface area (Å²) in [5.74, 6) is -2.16. The number of benzene rings is 1. The third-order valence-corrected chi connectivity index (χ3v) is 3.70. The summed E-state index contributed by atoms with van der Waals surface area (Å²) in [6.45, 7) is 0.322. The zero-order valence-corrected chi connectivity index (χ0v) is 10.9. The molecule has 1 heterocycles. The van der Waals surface area contributed by atoms with E-state index in [2.05, 4.69) is 0 Å². The van der Waals surface area contributed by atoms with Crippen molar-refractivity contribution in [1.82, 2.24) is 4.90 Å². The van der Waals surface area contributed by atoms with Crippen molar-refractivity contribution in [3.05, 3.63) is 35.4 Å². The Bertz CT molecular complexity index is 475. The summed E-state index contributed by atoms with van der Waals surface area (Å²) >= 11 is 0. The molecule has 0 spiro atoms. The number of halogens is 2. The molecule has 0 radical (unpaired) electrons. The Morgan fingerprint density at radius 3 is 2.55 bits per heavy atom. The number of rotatable bonds is 3. The lowest BCUT2D eigenvalue weighted by Gasteiger charge is -2.35. The lowest BCUT2D eigenvalue weighted by atomic mass is 9.94. The zero-order valence-electron chi connectivity index (χ0n) is 10.9. The smallest absolute Gasteiger partial charge is 0.227 e. The molecule has 0 bridgehead atoms. The molecule has 1 aliphatic rings. The van der Waals surface area contributed by atoms with Crippen molar-refractivity contribution in [2.24, 2.45) is 5.92 Å². The van der Waals surface area contributed by atoms with Crippen molar-refractivity contribution in [3.63, 3.8) is 0 Å². The van der Waals surface area contributed by atoms with Gasteiger partial charge in [-0.05, 0) is 18.6 Å². The average Bonchev–Trinajstić information content (AvgIpc) is 2.42. The average molecular weight is 285 g/mol. The first kappa shape index (κ1) is 14.9. The summed E-state index contributed by atoms with van der Waals surface area (Å²) in [6, 6.07) is 3.46. The monoisotopic (exact) mass is 285 g/mol. The van der Waals surface area contributed by atoms with E-state index in [0.717, 1.165) is 12.1 Å². The fraction of sp³-hybridized carbons (Fsp3) is 0.500. The van der Waals surface area contributed by atoms with Crippen LogP contribution in [-0.4, -0.2) is 46.8 Å². The summed E-state index contributed by atoms with van der Waals surface area (Å²) in [5.41, 5.74) is -0.253. The molecule has 6 heteroatoms. The molecule has 0 aliphatic carbocycles. The predicted octanol–water partition coefficient (Wildman–Crippen LogP) is 0.709. The van der Waals surface area contributed by atoms with Crippen molar-refractivity contribution in [1.29, 1.82) is 0 Å². The summed E-state index contributed by atoms with van der Waals surface area (Å²) < 4.78 is 27.0. The highest BCUT2D eigenvalue weighted by molar-refractivity contribution is 5.79. The van der Waals surface area contributed by atoms with Gasteiger partial charge in [0.15, 0.2) is 0 Å². The van der Waals surface area contributed by atoms with E-state index in [1.54, 1.807) is 0 Å². The second-order valence-electron chi connectivity index (χ2n) is 5.02. The van der Waals surface area contributed by atoms with Gasteiger partial charge in [-0.15, -0.1) is 0 Å². The molecule has 2 atom stereocenters. The van der Waals surface area contributed by atoms with E-state index in [1.165, 1.54) is 11.0 Å². The molecule has 1 aliphatic heterocycles. The molecular weight excluding hydrogens is 268 g/mol. The van der Waals surface area contributed by atoms with Gasteiger partial charge in [-0.1, -0.05) is 6.07 Å². The number of β-amino-alcohol motifs (C(OH)–C–C–N with tert-alkyl or cyclic N) is 1. The molecule has 1 amide bonds. The lowest BCUT2D eigenvalue weighted by Crippen LogP contribution is -2.48. The predicted molar refractivity (Wildman–Crippen MR) is 67.8 cm³/mol. The number of amides is 1. The van der Waals surface area contributed by atoms with Gasteiger partial charge < -0.3 is 15.1 Å². The Kier molecular flexibility index (Phi) is 4.67. The second kappa shape index (κ2) is 6.28. The molecule has 1 aromatic carbocycles. The standard InChI is InChI=1S/C14H17F2NO3/c15-11-2-1-3-12(16)10(11)6-14(20)17-5-4-9(8-18)13(19)7-17/h1-3,9,13,18-19H,4-8H2/t9-,13+/m1/s1. The Hall–Kier alpha value is -1.53. The maximum atomic E-state index is 13.5. The molecule has 110 valence electrons. The van der Waals surface area contributed by atoms with Gasteiger partial charge in [0.05, 0.1) is 12.5 Å². The number of carbonyl (C=O) groups is 1. The molecule has 0 saturated carbocycles. The number of likely N-dealkylation sites (tertiary alicyclic amines) is 1. The molecule has 0 aromatic heterocycles. The van der Waals surface area contributed by atoms with E-state index in [4.69, 9.17) is 5.11 Å². The molecule has 0 unspecified atom stereocenters. The van der Waals surface area contributed by atoms with E-state index in [9.17, 15) is 18.7 Å². The second-order valence-corrected chi connectivity index (χ2v) is 5.02. The number of hydrogen-bond acceptors (Lipinski definition) is 3. The summed E-state index contributed by atoms with van der Waals surface area (Å²) in [5, 5.41) is 18.8. The van der Waals surface area contributed by atoms with Gasteiger partial charge in [-0.3, -0.25) is 4.79 Å². The van der Waals surface area contributed by atoms with E-state index < -0.39 is 23.6 Å². The van der Waals surface area contributed by atoms with Crippen LogP contribution < -0.4 is 0 Å². The van der Waals surface area contributed by atoms with Crippen LogP contribution in [0.3, 0.4) is 0 Å². The van der Waals surface area contributed by atoms with Crippen LogP contribution in [0.5, 0.6) is 0 Å². The Morgan fingerprint density at radius 2 is 2.00 bits per heavy atom. The normalized spacial score (nSPS) is 22.9. The van der Waals surface area contributed by atoms with Crippen LogP contribution in [0.2, 0.25) is 0 Å². The van der Waals surface area contributed by atoms with Gasteiger partial charge in [0.1, 0.15) is 11.6 Å². The topological polar surface area (TPSA) is 60.8 Å². The summed E-state index contributed by atoms with van der Waals surface area (Å²) in [7, 11) is 0. The number of aliphatic hydroxyl groups excluding tert-OH is 2. The fourth-order valence-corrected chi connectivity index (χ4v) is 2.38. The van der Waals surface area contributed by atoms with Crippen molar-refractivity contribution in [2.45, 2.75) is 18.9 Å². The van der Waals surface area contributed by atoms with Gasteiger partial charge in [0.25, 0.3) is 0 Å². The van der Waals surface area contributed by atoms with Crippen LogP contribution in [0, 0.1) is 17.6 Å². The van der Waals surface area contributed by atoms with Crippen LogP contribution in [0.4, 0.5) is 8.78 Å². The summed E-state index contributed by atoms with van der Waals surface area (Å²) in [4.78, 5) is 13.4. The van der Waals surface area contributed by atoms with Gasteiger partial charge in [-0.2, -0.15) is 0 Å². The quantitative estimate of drug-likeness (QED) is 0.860. The number of hydrogen-bond donors (Lipinski definition) is 2. The Balaban J connectivity index is 2.03. The van der Waals surface area contributed by atoms with Gasteiger partial charge >= 0.3 is 0 Å². The van der Waals surface area contributed by atoms with Crippen molar-refractivity contribution in [3.8, 4) is 0 Å².